The van der Waals surface area contributed by atoms with E-state index in [9.17, 15) is 8.42 Å². The van der Waals surface area contributed by atoms with Gasteiger partial charge in [-0.05, 0) is 37.3 Å². The largest absolute Gasteiger partial charge is 0.378 e. The fraction of sp³-hybridized carbons (Fsp3) is 0.688. The Labute approximate surface area is 136 Å². The molecule has 3 heterocycles. The molecule has 6 nitrogen and oxygen atoms in total. The average Bonchev–Trinajstić information content (AvgIpc) is 3.36. The summed E-state index contributed by atoms with van der Waals surface area (Å²) in [5.74, 6) is 0.748. The predicted molar refractivity (Wildman–Crippen MR) is 83.4 cm³/mol. The molecule has 1 aliphatic carbocycles. The van der Waals surface area contributed by atoms with Crippen LogP contribution in [0.1, 0.15) is 25.7 Å². The molecule has 23 heavy (non-hydrogen) atoms. The Hall–Kier alpha value is -1.02. The monoisotopic (exact) mass is 338 g/mol. The zero-order valence-corrected chi connectivity index (χ0v) is 13.9. The lowest BCUT2D eigenvalue weighted by atomic mass is 9.86. The highest BCUT2D eigenvalue weighted by Crippen LogP contribution is 2.39. The lowest BCUT2D eigenvalue weighted by molar-refractivity contribution is -0.179. The first-order valence-electron chi connectivity index (χ1n) is 8.23. The van der Waals surface area contributed by atoms with Gasteiger partial charge >= 0.3 is 0 Å². The predicted octanol–water partition coefficient (Wildman–Crippen LogP) is 1.43. The van der Waals surface area contributed by atoms with E-state index in [0.29, 0.717) is 19.7 Å². The fourth-order valence-corrected chi connectivity index (χ4v) is 4.87. The Morgan fingerprint density at radius 3 is 2.87 bits per heavy atom. The highest BCUT2D eigenvalue weighted by Gasteiger charge is 2.52. The topological polar surface area (TPSA) is 68.7 Å². The third-order valence-electron chi connectivity index (χ3n) is 4.91. The summed E-state index contributed by atoms with van der Waals surface area (Å²) in [5.41, 5.74) is -0.359. The summed E-state index contributed by atoms with van der Waals surface area (Å²) in [6.07, 6.45) is 7.43. The van der Waals surface area contributed by atoms with Crippen molar-refractivity contribution < 1.29 is 17.9 Å². The third kappa shape index (κ3) is 3.15. The van der Waals surface area contributed by atoms with Crippen LogP contribution in [-0.4, -0.2) is 55.7 Å². The van der Waals surface area contributed by atoms with Crippen molar-refractivity contribution in [3.8, 4) is 0 Å². The maximum Gasteiger partial charge on any atom is 0.244 e. The molecule has 0 N–H and O–H groups in total. The molecule has 2 saturated heterocycles. The molecule has 2 aliphatic heterocycles. The van der Waals surface area contributed by atoms with Crippen molar-refractivity contribution in [2.24, 2.45) is 5.92 Å². The second-order valence-corrected chi connectivity index (χ2v) is 8.82. The van der Waals surface area contributed by atoms with Crippen LogP contribution in [0, 0.1) is 5.92 Å². The number of ether oxygens (including phenoxy) is 2. The molecule has 3 aliphatic rings. The van der Waals surface area contributed by atoms with E-state index in [1.165, 1.54) is 23.3 Å². The molecule has 0 radical (unpaired) electrons. The molecule has 3 fully saturated rings. The van der Waals surface area contributed by atoms with Gasteiger partial charge in [0.05, 0.1) is 11.7 Å². The first-order valence-corrected chi connectivity index (χ1v) is 9.67. The van der Waals surface area contributed by atoms with Gasteiger partial charge in [0.25, 0.3) is 0 Å². The van der Waals surface area contributed by atoms with Crippen LogP contribution in [-0.2, 0) is 19.5 Å². The number of nitrogens with zero attached hydrogens (tertiary/aromatic N) is 2. The molecule has 7 heteroatoms. The first kappa shape index (κ1) is 15.5. The summed E-state index contributed by atoms with van der Waals surface area (Å²) >= 11 is 0. The van der Waals surface area contributed by atoms with Gasteiger partial charge in [-0.25, -0.2) is 8.42 Å². The van der Waals surface area contributed by atoms with Gasteiger partial charge in [0.2, 0.25) is 10.0 Å². The second kappa shape index (κ2) is 5.81. The highest BCUT2D eigenvalue weighted by molar-refractivity contribution is 7.89. The zero-order valence-electron chi connectivity index (χ0n) is 13.1. The minimum absolute atomic E-state index is 0.201. The van der Waals surface area contributed by atoms with Gasteiger partial charge in [0, 0.05) is 45.1 Å². The molecule has 0 amide bonds. The van der Waals surface area contributed by atoms with Crippen molar-refractivity contribution in [3.05, 3.63) is 24.5 Å². The molecule has 1 atom stereocenters. The number of hydrogen-bond acceptors (Lipinski definition) is 5. The highest BCUT2D eigenvalue weighted by atomic mass is 32.2. The molecule has 1 spiro atoms. The van der Waals surface area contributed by atoms with E-state index in [1.54, 1.807) is 18.3 Å². The lowest BCUT2D eigenvalue weighted by Gasteiger charge is -2.52. The Morgan fingerprint density at radius 2 is 2.17 bits per heavy atom. The minimum atomic E-state index is -3.46. The molecule has 1 aromatic heterocycles. The van der Waals surface area contributed by atoms with Crippen molar-refractivity contribution in [2.45, 2.75) is 42.3 Å². The number of sulfonamides is 1. The van der Waals surface area contributed by atoms with Gasteiger partial charge in [0.1, 0.15) is 4.90 Å². The number of aromatic nitrogens is 1. The average molecular weight is 338 g/mol. The van der Waals surface area contributed by atoms with Crippen molar-refractivity contribution in [3.63, 3.8) is 0 Å². The molecular formula is C16H22N2O4S. The van der Waals surface area contributed by atoms with Crippen molar-refractivity contribution in [2.75, 3.05) is 26.3 Å². The molecule has 126 valence electrons. The van der Waals surface area contributed by atoms with Crippen LogP contribution in [0.5, 0.6) is 0 Å². The third-order valence-corrected chi connectivity index (χ3v) is 6.69. The second-order valence-electron chi connectivity index (χ2n) is 6.88. The van der Waals surface area contributed by atoms with Crippen molar-refractivity contribution in [1.82, 2.24) is 9.29 Å². The summed E-state index contributed by atoms with van der Waals surface area (Å²) in [4.78, 5) is 4.14. The Morgan fingerprint density at radius 1 is 1.35 bits per heavy atom. The smallest absolute Gasteiger partial charge is 0.244 e. The van der Waals surface area contributed by atoms with Crippen molar-refractivity contribution in [1.29, 1.82) is 0 Å². The van der Waals surface area contributed by atoms with E-state index < -0.39 is 10.0 Å². The van der Waals surface area contributed by atoms with Crippen LogP contribution in [0.4, 0.5) is 0 Å². The van der Waals surface area contributed by atoms with Gasteiger partial charge in [-0.3, -0.25) is 4.98 Å². The van der Waals surface area contributed by atoms with Crippen molar-refractivity contribution >= 4 is 10.0 Å². The van der Waals surface area contributed by atoms with E-state index in [0.717, 1.165) is 25.4 Å². The maximum atomic E-state index is 12.5. The van der Waals surface area contributed by atoms with Crippen LogP contribution in [0.2, 0.25) is 0 Å². The zero-order chi connectivity index (χ0) is 15.9. The van der Waals surface area contributed by atoms with Gasteiger partial charge in [0.15, 0.2) is 0 Å². The van der Waals surface area contributed by atoms with Gasteiger partial charge < -0.3 is 9.47 Å². The summed E-state index contributed by atoms with van der Waals surface area (Å²) in [7, 11) is -3.46. The minimum Gasteiger partial charge on any atom is -0.378 e. The van der Waals surface area contributed by atoms with E-state index in [4.69, 9.17) is 9.47 Å². The van der Waals surface area contributed by atoms with Crippen LogP contribution in [0.15, 0.2) is 29.4 Å². The standard InChI is InChI=1S/C16H22N2O4S/c19-23(20,15-2-1-6-17-9-15)18-11-16(12-18)8-14(5-7-22-16)21-10-13-3-4-13/h1-2,6,9,13-14H,3-5,7-8,10-12H2. The molecular weight excluding hydrogens is 316 g/mol. The summed E-state index contributed by atoms with van der Waals surface area (Å²) in [6.45, 7) is 2.32. The lowest BCUT2D eigenvalue weighted by Crippen LogP contribution is -2.67. The van der Waals surface area contributed by atoms with E-state index >= 15 is 0 Å². The summed E-state index contributed by atoms with van der Waals surface area (Å²) < 4.78 is 38.5. The SMILES string of the molecule is O=S(=O)(c1cccnc1)N1CC2(CC(OCC3CC3)CCO2)C1. The molecule has 1 saturated carbocycles. The Bertz CT molecular complexity index is 654. The van der Waals surface area contributed by atoms with E-state index in [-0.39, 0.29) is 16.6 Å². The number of pyridine rings is 1. The Balaban J connectivity index is 1.37. The van der Waals surface area contributed by atoms with Crippen LogP contribution < -0.4 is 0 Å². The normalized spacial score (nSPS) is 27.7. The van der Waals surface area contributed by atoms with Crippen LogP contribution >= 0.6 is 0 Å². The van der Waals surface area contributed by atoms with Gasteiger partial charge in [-0.1, -0.05) is 0 Å². The molecule has 1 unspecified atom stereocenters. The van der Waals surface area contributed by atoms with E-state index in [2.05, 4.69) is 4.98 Å². The summed E-state index contributed by atoms with van der Waals surface area (Å²) in [6, 6.07) is 3.22. The molecule has 4 rings (SSSR count). The van der Waals surface area contributed by atoms with Crippen LogP contribution in [0.3, 0.4) is 0 Å². The maximum absolute atomic E-state index is 12.5. The number of rotatable bonds is 5. The fourth-order valence-electron chi connectivity index (χ4n) is 3.32. The quantitative estimate of drug-likeness (QED) is 0.812. The summed E-state index contributed by atoms with van der Waals surface area (Å²) in [5, 5.41) is 0. The van der Waals surface area contributed by atoms with E-state index in [1.807, 2.05) is 0 Å². The molecule has 0 aromatic carbocycles. The first-order chi connectivity index (χ1) is 11.1. The van der Waals surface area contributed by atoms with Gasteiger partial charge in [-0.15, -0.1) is 0 Å². The molecule has 1 aromatic rings. The molecule has 0 bridgehead atoms. The number of hydrogen-bond donors (Lipinski definition) is 0. The van der Waals surface area contributed by atoms with Crippen LogP contribution in [0.25, 0.3) is 0 Å². The Kier molecular flexibility index (Phi) is 3.91. The van der Waals surface area contributed by atoms with Gasteiger partial charge in [-0.2, -0.15) is 4.31 Å².